The summed E-state index contributed by atoms with van der Waals surface area (Å²) < 4.78 is 48.9. The van der Waals surface area contributed by atoms with Crippen molar-refractivity contribution in [2.75, 3.05) is 7.11 Å². The van der Waals surface area contributed by atoms with Crippen LogP contribution in [0.1, 0.15) is 62.5 Å². The number of carbonyl (C=O) groups is 2. The van der Waals surface area contributed by atoms with E-state index in [0.717, 1.165) is 13.2 Å². The van der Waals surface area contributed by atoms with Crippen LogP contribution in [0.15, 0.2) is 12.1 Å². The molecule has 0 aliphatic carbocycles. The van der Waals surface area contributed by atoms with Gasteiger partial charge in [0.25, 0.3) is 6.43 Å². The predicted molar refractivity (Wildman–Crippen MR) is 93.9 cm³/mol. The number of alkyl halides is 2. The third kappa shape index (κ3) is 4.30. The van der Waals surface area contributed by atoms with E-state index >= 15 is 0 Å². The highest BCUT2D eigenvalue weighted by atomic mass is 19.3. The molecule has 6 nitrogen and oxygen atoms in total. The lowest BCUT2D eigenvalue weighted by Crippen LogP contribution is -2.41. The molecule has 0 saturated carbocycles. The van der Waals surface area contributed by atoms with Gasteiger partial charge in [-0.3, -0.25) is 4.79 Å². The number of benzene rings is 1. The van der Waals surface area contributed by atoms with Crippen molar-refractivity contribution in [1.82, 2.24) is 0 Å². The number of hydrogen-bond donors (Lipinski definition) is 0. The summed E-state index contributed by atoms with van der Waals surface area (Å²) in [4.78, 5) is 23.2. The smallest absolute Gasteiger partial charge is 0.465 e. The maximum atomic E-state index is 13.7. The molecule has 1 aliphatic heterocycles. The number of hydrogen-bond acceptors (Lipinski definition) is 6. The monoisotopic (exact) mass is 384 g/mol. The number of ether oxygens (including phenoxy) is 2. The standard InChI is InChI=1S/C18H23BF2O6/c1-10(22)25-9-13-12(15(20)21)7-11(16(23)24-6)8-14(13)19-26-17(2,3)18(4,5)27-19/h7-8,15H,9H2,1-6H3. The Morgan fingerprint density at radius 2 is 1.70 bits per heavy atom. The van der Waals surface area contributed by atoms with E-state index in [1.165, 1.54) is 13.0 Å². The summed E-state index contributed by atoms with van der Waals surface area (Å²) in [6, 6.07) is 2.41. The van der Waals surface area contributed by atoms with E-state index in [1.807, 2.05) is 27.7 Å². The fourth-order valence-corrected chi connectivity index (χ4v) is 2.67. The Morgan fingerprint density at radius 1 is 1.15 bits per heavy atom. The van der Waals surface area contributed by atoms with Crippen LogP contribution in [0.4, 0.5) is 8.78 Å². The molecule has 148 valence electrons. The fraction of sp³-hybridized carbons (Fsp3) is 0.556. The van der Waals surface area contributed by atoms with Gasteiger partial charge < -0.3 is 18.8 Å². The number of rotatable bonds is 5. The lowest BCUT2D eigenvalue weighted by Gasteiger charge is -2.32. The summed E-state index contributed by atoms with van der Waals surface area (Å²) in [6.45, 7) is 8.05. The normalized spacial score (nSPS) is 17.9. The minimum atomic E-state index is -2.90. The van der Waals surface area contributed by atoms with Gasteiger partial charge >= 0.3 is 19.1 Å². The fourth-order valence-electron chi connectivity index (χ4n) is 2.67. The van der Waals surface area contributed by atoms with Crippen LogP contribution in [-0.4, -0.2) is 37.4 Å². The van der Waals surface area contributed by atoms with Crippen molar-refractivity contribution in [3.63, 3.8) is 0 Å². The lowest BCUT2D eigenvalue weighted by atomic mass is 9.73. The van der Waals surface area contributed by atoms with Crippen LogP contribution in [-0.2, 0) is 30.2 Å². The summed E-state index contributed by atoms with van der Waals surface area (Å²) in [6.07, 6.45) is -2.90. The molecular formula is C18H23BF2O6. The molecule has 1 aromatic carbocycles. The molecule has 9 heteroatoms. The summed E-state index contributed by atoms with van der Waals surface area (Å²) in [5, 5.41) is 0. The van der Waals surface area contributed by atoms with Crippen LogP contribution in [0.2, 0.25) is 0 Å². The van der Waals surface area contributed by atoms with Gasteiger partial charge in [-0.1, -0.05) is 0 Å². The van der Waals surface area contributed by atoms with Crippen LogP contribution in [0.5, 0.6) is 0 Å². The first kappa shape index (κ1) is 21.3. The minimum absolute atomic E-state index is 0.0475. The topological polar surface area (TPSA) is 71.1 Å². The summed E-state index contributed by atoms with van der Waals surface area (Å²) in [7, 11) is 0.147. The summed E-state index contributed by atoms with van der Waals surface area (Å²) >= 11 is 0. The Kier molecular flexibility index (Phi) is 5.96. The second-order valence-corrected chi connectivity index (χ2v) is 7.29. The molecule has 0 spiro atoms. The van der Waals surface area contributed by atoms with Crippen LogP contribution in [0.3, 0.4) is 0 Å². The Bertz CT molecular complexity index is 732. The van der Waals surface area contributed by atoms with Crippen LogP contribution in [0.25, 0.3) is 0 Å². The average Bonchev–Trinajstić information content (AvgIpc) is 2.78. The van der Waals surface area contributed by atoms with E-state index in [0.29, 0.717) is 0 Å². The van der Waals surface area contributed by atoms with Crippen molar-refractivity contribution in [3.8, 4) is 0 Å². The van der Waals surface area contributed by atoms with Gasteiger partial charge in [0, 0.05) is 12.5 Å². The first-order valence-corrected chi connectivity index (χ1v) is 8.42. The van der Waals surface area contributed by atoms with Crippen LogP contribution in [0, 0.1) is 0 Å². The van der Waals surface area contributed by atoms with Crippen molar-refractivity contribution in [2.45, 2.75) is 58.9 Å². The van der Waals surface area contributed by atoms with Gasteiger partial charge in [-0.05, 0) is 50.9 Å². The van der Waals surface area contributed by atoms with Gasteiger partial charge in [-0.15, -0.1) is 0 Å². The Labute approximate surface area is 157 Å². The molecule has 0 amide bonds. The maximum absolute atomic E-state index is 13.7. The molecule has 1 aromatic rings. The van der Waals surface area contributed by atoms with Gasteiger partial charge in [-0.25, -0.2) is 13.6 Å². The number of halogens is 2. The van der Waals surface area contributed by atoms with E-state index in [9.17, 15) is 18.4 Å². The third-order valence-corrected chi connectivity index (χ3v) is 4.90. The molecule has 0 bridgehead atoms. The van der Waals surface area contributed by atoms with Crippen molar-refractivity contribution >= 4 is 24.5 Å². The largest absolute Gasteiger partial charge is 0.495 e. The van der Waals surface area contributed by atoms with Crippen LogP contribution >= 0.6 is 0 Å². The van der Waals surface area contributed by atoms with E-state index in [1.54, 1.807) is 0 Å². The first-order chi connectivity index (χ1) is 12.4. The van der Waals surface area contributed by atoms with Crippen molar-refractivity contribution in [2.24, 2.45) is 0 Å². The number of carbonyl (C=O) groups excluding carboxylic acids is 2. The zero-order valence-corrected chi connectivity index (χ0v) is 16.2. The highest BCUT2D eigenvalue weighted by Crippen LogP contribution is 2.37. The Hall–Kier alpha value is -2.00. The second-order valence-electron chi connectivity index (χ2n) is 7.29. The van der Waals surface area contributed by atoms with E-state index in [4.69, 9.17) is 14.0 Å². The van der Waals surface area contributed by atoms with Gasteiger partial charge in [0.05, 0.1) is 23.9 Å². The maximum Gasteiger partial charge on any atom is 0.495 e. The van der Waals surface area contributed by atoms with E-state index < -0.39 is 48.9 Å². The number of methoxy groups -OCH3 is 1. The molecular weight excluding hydrogens is 361 g/mol. The van der Waals surface area contributed by atoms with Crippen LogP contribution < -0.4 is 5.46 Å². The second kappa shape index (κ2) is 7.56. The van der Waals surface area contributed by atoms with E-state index in [-0.39, 0.29) is 16.6 Å². The molecule has 0 radical (unpaired) electrons. The molecule has 1 fully saturated rings. The molecule has 1 heterocycles. The minimum Gasteiger partial charge on any atom is -0.465 e. The molecule has 27 heavy (non-hydrogen) atoms. The summed E-state index contributed by atoms with van der Waals surface area (Å²) in [5.41, 5.74) is -1.70. The quantitative estimate of drug-likeness (QED) is 0.575. The lowest BCUT2D eigenvalue weighted by molar-refractivity contribution is -0.142. The zero-order chi connectivity index (χ0) is 20.6. The molecule has 1 aliphatic rings. The highest BCUT2D eigenvalue weighted by Gasteiger charge is 2.52. The Balaban J connectivity index is 2.62. The SMILES string of the molecule is COC(=O)c1cc(B2OC(C)(C)C(C)(C)O2)c(COC(C)=O)c(C(F)F)c1. The number of esters is 2. The van der Waals surface area contributed by atoms with Crippen molar-refractivity contribution in [1.29, 1.82) is 0 Å². The third-order valence-electron chi connectivity index (χ3n) is 4.90. The zero-order valence-electron chi connectivity index (χ0n) is 16.2. The van der Waals surface area contributed by atoms with Crippen molar-refractivity contribution < 1.29 is 37.2 Å². The highest BCUT2D eigenvalue weighted by molar-refractivity contribution is 6.62. The molecule has 0 atom stereocenters. The molecule has 1 saturated heterocycles. The van der Waals surface area contributed by atoms with Crippen molar-refractivity contribution in [3.05, 3.63) is 28.8 Å². The van der Waals surface area contributed by atoms with E-state index in [2.05, 4.69) is 4.74 Å². The predicted octanol–water partition coefficient (Wildman–Crippen LogP) is 2.77. The average molecular weight is 384 g/mol. The first-order valence-electron chi connectivity index (χ1n) is 8.42. The van der Waals surface area contributed by atoms with Gasteiger partial charge in [0.1, 0.15) is 6.61 Å². The van der Waals surface area contributed by atoms with Gasteiger partial charge in [0.15, 0.2) is 0 Å². The Morgan fingerprint density at radius 3 is 2.15 bits per heavy atom. The molecule has 0 aromatic heterocycles. The van der Waals surface area contributed by atoms with Gasteiger partial charge in [0.2, 0.25) is 0 Å². The summed E-state index contributed by atoms with van der Waals surface area (Å²) in [5.74, 6) is -1.39. The molecule has 0 unspecified atom stereocenters. The molecule has 2 rings (SSSR count). The van der Waals surface area contributed by atoms with Gasteiger partial charge in [-0.2, -0.15) is 0 Å². The molecule has 0 N–H and O–H groups in total.